The largest absolute Gasteiger partial charge is 0.394 e. The molecule has 0 bridgehead atoms. The van der Waals surface area contributed by atoms with Gasteiger partial charge in [0.15, 0.2) is 0 Å². The number of hydrogen-bond acceptors (Lipinski definition) is 7. The maximum absolute atomic E-state index is 8.96. The molecule has 13 heavy (non-hydrogen) atoms. The molecule has 0 saturated carbocycles. The Morgan fingerprint density at radius 1 is 1.54 bits per heavy atom. The van der Waals surface area contributed by atoms with E-state index in [4.69, 9.17) is 15.9 Å². The summed E-state index contributed by atoms with van der Waals surface area (Å²) in [6.07, 6.45) is 0. The molecule has 6 nitrogen and oxygen atoms in total. The normalized spacial score (nSPS) is 11.6. The van der Waals surface area contributed by atoms with Crippen molar-refractivity contribution < 1.29 is 10.2 Å². The van der Waals surface area contributed by atoms with Crippen LogP contribution in [0.1, 0.15) is 6.92 Å². The second-order valence-corrected chi connectivity index (χ2v) is 3.71. The Bertz CT molecular complexity index is 273. The lowest BCUT2D eigenvalue weighted by Crippen LogP contribution is -2.42. The van der Waals surface area contributed by atoms with Crippen molar-refractivity contribution in [1.29, 1.82) is 0 Å². The fourth-order valence-electron chi connectivity index (χ4n) is 0.673. The number of nitrogens with zero attached hydrogens (tertiary/aromatic N) is 2. The summed E-state index contributed by atoms with van der Waals surface area (Å²) in [6, 6.07) is 0. The minimum Gasteiger partial charge on any atom is -0.394 e. The van der Waals surface area contributed by atoms with Crippen molar-refractivity contribution in [3.8, 4) is 0 Å². The topological polar surface area (TPSA) is 104 Å². The number of anilines is 2. The van der Waals surface area contributed by atoms with E-state index >= 15 is 0 Å². The van der Waals surface area contributed by atoms with Gasteiger partial charge in [-0.25, -0.2) is 0 Å². The van der Waals surface area contributed by atoms with E-state index in [-0.39, 0.29) is 19.2 Å². The predicted octanol–water partition coefficient (Wildman–Crippen LogP) is -0.725. The molecule has 0 saturated heterocycles. The Hall–Kier alpha value is -0.920. The monoisotopic (exact) mass is 204 g/mol. The summed E-state index contributed by atoms with van der Waals surface area (Å²) in [7, 11) is 0. The molecule has 0 aromatic carbocycles. The van der Waals surface area contributed by atoms with Crippen molar-refractivity contribution in [2.75, 3.05) is 24.3 Å². The molecule has 1 aromatic heterocycles. The number of rotatable bonds is 4. The molecule has 1 rings (SSSR count). The van der Waals surface area contributed by atoms with E-state index in [0.29, 0.717) is 5.13 Å². The Morgan fingerprint density at radius 3 is 2.54 bits per heavy atom. The fraction of sp³-hybridized carbons (Fsp3) is 0.667. The molecule has 0 aliphatic heterocycles. The van der Waals surface area contributed by atoms with Crippen LogP contribution in [0.2, 0.25) is 0 Å². The van der Waals surface area contributed by atoms with Gasteiger partial charge in [0.05, 0.1) is 18.8 Å². The maximum atomic E-state index is 8.96. The zero-order valence-electron chi connectivity index (χ0n) is 7.19. The molecule has 0 unspecified atom stereocenters. The summed E-state index contributed by atoms with van der Waals surface area (Å²) in [6.45, 7) is 1.29. The number of nitrogens with two attached hydrogens (primary N) is 1. The highest BCUT2D eigenvalue weighted by molar-refractivity contribution is 7.09. The molecule has 74 valence electrons. The van der Waals surface area contributed by atoms with Crippen LogP contribution in [0.3, 0.4) is 0 Å². The van der Waals surface area contributed by atoms with E-state index in [0.717, 1.165) is 11.5 Å². The summed E-state index contributed by atoms with van der Waals surface area (Å²) < 4.78 is 3.75. The molecule has 0 aliphatic rings. The number of aliphatic hydroxyl groups excluding tert-OH is 2. The molecule has 0 fully saturated rings. The van der Waals surface area contributed by atoms with Crippen LogP contribution in [0.25, 0.3) is 0 Å². The molecule has 1 aromatic rings. The van der Waals surface area contributed by atoms with E-state index < -0.39 is 5.54 Å². The molecule has 1 heterocycles. The first-order valence-electron chi connectivity index (χ1n) is 3.69. The van der Waals surface area contributed by atoms with Gasteiger partial charge in [0, 0.05) is 11.5 Å². The average molecular weight is 204 g/mol. The first-order valence-corrected chi connectivity index (χ1v) is 4.46. The van der Waals surface area contributed by atoms with Crippen molar-refractivity contribution in [3.05, 3.63) is 0 Å². The van der Waals surface area contributed by atoms with E-state index in [9.17, 15) is 0 Å². The third-order valence-electron chi connectivity index (χ3n) is 1.55. The number of aliphatic hydroxyl groups is 2. The highest BCUT2D eigenvalue weighted by atomic mass is 32.1. The van der Waals surface area contributed by atoms with Crippen LogP contribution >= 0.6 is 11.5 Å². The van der Waals surface area contributed by atoms with Crippen LogP contribution in [0, 0.1) is 0 Å². The van der Waals surface area contributed by atoms with Gasteiger partial charge in [-0.2, -0.15) is 9.36 Å². The fourth-order valence-corrected chi connectivity index (χ4v) is 1.32. The van der Waals surface area contributed by atoms with Gasteiger partial charge in [0.25, 0.3) is 0 Å². The van der Waals surface area contributed by atoms with Crippen LogP contribution in [0.5, 0.6) is 0 Å². The van der Waals surface area contributed by atoms with Crippen LogP contribution in [-0.2, 0) is 0 Å². The minimum absolute atomic E-state index is 0.186. The standard InChI is InChI=1S/C6H12N4O2S/c1-6(2-11,3-12)9-5-8-4(7)10-13-5/h11-12H,2-3H2,1H3,(H3,7,8,9,10). The number of aromatic nitrogens is 2. The van der Waals surface area contributed by atoms with Gasteiger partial charge in [-0.3, -0.25) is 0 Å². The van der Waals surface area contributed by atoms with Crippen molar-refractivity contribution >= 4 is 22.6 Å². The number of nitrogen functional groups attached to an aromatic ring is 1. The summed E-state index contributed by atoms with van der Waals surface area (Å²) in [5.74, 6) is 0.186. The molecular weight excluding hydrogens is 192 g/mol. The Kier molecular flexibility index (Phi) is 3.02. The third kappa shape index (κ3) is 2.51. The molecule has 0 radical (unpaired) electrons. The van der Waals surface area contributed by atoms with E-state index in [1.807, 2.05) is 0 Å². The highest BCUT2D eigenvalue weighted by Crippen LogP contribution is 2.17. The SMILES string of the molecule is CC(CO)(CO)Nc1nc(N)ns1. The van der Waals surface area contributed by atoms with Gasteiger partial charge in [0.2, 0.25) is 11.1 Å². The van der Waals surface area contributed by atoms with Gasteiger partial charge < -0.3 is 21.3 Å². The van der Waals surface area contributed by atoms with Crippen molar-refractivity contribution in [3.63, 3.8) is 0 Å². The lowest BCUT2D eigenvalue weighted by Gasteiger charge is -2.25. The molecular formula is C6H12N4O2S. The maximum Gasteiger partial charge on any atom is 0.233 e. The van der Waals surface area contributed by atoms with E-state index in [1.165, 1.54) is 0 Å². The number of nitrogens with one attached hydrogen (secondary N) is 1. The van der Waals surface area contributed by atoms with Crippen LogP contribution in [0.15, 0.2) is 0 Å². The van der Waals surface area contributed by atoms with Crippen LogP contribution < -0.4 is 11.1 Å². The summed E-state index contributed by atoms with van der Waals surface area (Å²) in [5.41, 5.74) is 4.52. The molecule has 0 aliphatic carbocycles. The minimum atomic E-state index is -0.786. The Balaban J connectivity index is 2.67. The van der Waals surface area contributed by atoms with Crippen molar-refractivity contribution in [2.24, 2.45) is 0 Å². The first kappa shape index (κ1) is 10.2. The quantitative estimate of drug-likeness (QED) is 0.516. The molecule has 7 heteroatoms. The zero-order valence-corrected chi connectivity index (χ0v) is 8.01. The second-order valence-electron chi connectivity index (χ2n) is 2.96. The highest BCUT2D eigenvalue weighted by Gasteiger charge is 2.23. The molecule has 0 atom stereocenters. The smallest absolute Gasteiger partial charge is 0.233 e. The van der Waals surface area contributed by atoms with Gasteiger partial charge in [-0.1, -0.05) is 0 Å². The number of hydrogen-bond donors (Lipinski definition) is 4. The average Bonchev–Trinajstić information content (AvgIpc) is 2.51. The first-order chi connectivity index (χ1) is 6.09. The van der Waals surface area contributed by atoms with Gasteiger partial charge >= 0.3 is 0 Å². The van der Waals surface area contributed by atoms with Crippen molar-refractivity contribution in [2.45, 2.75) is 12.5 Å². The predicted molar refractivity (Wildman–Crippen MR) is 50.5 cm³/mol. The van der Waals surface area contributed by atoms with Crippen LogP contribution in [-0.4, -0.2) is 38.3 Å². The Labute approximate surface area is 79.6 Å². The third-order valence-corrected chi connectivity index (χ3v) is 2.19. The molecule has 5 N–H and O–H groups in total. The Morgan fingerprint density at radius 2 is 2.15 bits per heavy atom. The van der Waals surface area contributed by atoms with Gasteiger partial charge in [-0.15, -0.1) is 0 Å². The summed E-state index contributed by atoms with van der Waals surface area (Å²) >= 11 is 1.09. The van der Waals surface area contributed by atoms with Crippen LogP contribution in [0.4, 0.5) is 11.1 Å². The van der Waals surface area contributed by atoms with E-state index in [2.05, 4.69) is 14.7 Å². The van der Waals surface area contributed by atoms with Gasteiger partial charge in [-0.05, 0) is 6.92 Å². The molecule has 0 spiro atoms. The lowest BCUT2D eigenvalue weighted by molar-refractivity contribution is 0.147. The van der Waals surface area contributed by atoms with Crippen molar-refractivity contribution in [1.82, 2.24) is 9.36 Å². The van der Waals surface area contributed by atoms with Gasteiger partial charge in [0.1, 0.15) is 0 Å². The second kappa shape index (κ2) is 3.86. The zero-order chi connectivity index (χ0) is 9.90. The lowest BCUT2D eigenvalue weighted by atomic mass is 10.1. The summed E-state index contributed by atoms with van der Waals surface area (Å²) in [4.78, 5) is 3.84. The van der Waals surface area contributed by atoms with E-state index in [1.54, 1.807) is 6.92 Å². The molecule has 0 amide bonds. The summed E-state index contributed by atoms with van der Waals surface area (Å²) in [5, 5.41) is 21.2.